The molecule has 0 radical (unpaired) electrons. The van der Waals surface area contributed by atoms with E-state index >= 15 is 0 Å². The molecule has 0 aromatic heterocycles. The van der Waals surface area contributed by atoms with Crippen LogP contribution in [0.5, 0.6) is 11.5 Å². The minimum Gasteiger partial charge on any atom is -0.507 e. The van der Waals surface area contributed by atoms with Crippen molar-refractivity contribution in [2.45, 2.75) is 6.61 Å². The Labute approximate surface area is 124 Å². The smallest absolute Gasteiger partial charge is 0.341 e. The van der Waals surface area contributed by atoms with Crippen LogP contribution in [0.2, 0.25) is 0 Å². The number of non-ortho nitro benzene ring substituents is 1. The maximum atomic E-state index is 11.7. The second-order valence-electron chi connectivity index (χ2n) is 4.74. The van der Waals surface area contributed by atoms with E-state index in [9.17, 15) is 20.0 Å². The number of phenols is 1. The van der Waals surface area contributed by atoms with Crippen LogP contribution in [0.3, 0.4) is 0 Å². The van der Waals surface area contributed by atoms with Gasteiger partial charge in [0.05, 0.1) is 12.0 Å². The highest BCUT2D eigenvalue weighted by molar-refractivity contribution is 5.95. The van der Waals surface area contributed by atoms with E-state index in [1.54, 1.807) is 0 Å². The van der Waals surface area contributed by atoms with Crippen LogP contribution < -0.4 is 4.74 Å². The third kappa shape index (κ3) is 2.12. The van der Waals surface area contributed by atoms with Gasteiger partial charge in [0.2, 0.25) is 0 Å². The van der Waals surface area contributed by atoms with Crippen molar-refractivity contribution in [3.63, 3.8) is 0 Å². The summed E-state index contributed by atoms with van der Waals surface area (Å²) in [7, 11) is 1.21. The molecule has 1 aliphatic rings. The number of phenolic OH excluding ortho intramolecular Hbond substituents is 1. The first kappa shape index (κ1) is 13.9. The van der Waals surface area contributed by atoms with Crippen molar-refractivity contribution in [1.29, 1.82) is 0 Å². The Morgan fingerprint density at radius 1 is 1.32 bits per heavy atom. The molecule has 0 aliphatic carbocycles. The SMILES string of the molecule is COC(=O)c1cc2c(cc1O)COc1ccc([N+](=O)[O-])cc1-2. The summed E-state index contributed by atoms with van der Waals surface area (Å²) < 4.78 is 10.1. The lowest BCUT2D eigenvalue weighted by Gasteiger charge is -2.21. The van der Waals surface area contributed by atoms with Crippen LogP contribution in [-0.2, 0) is 11.3 Å². The van der Waals surface area contributed by atoms with Crippen LogP contribution in [0.4, 0.5) is 5.69 Å². The maximum absolute atomic E-state index is 11.7. The fourth-order valence-corrected chi connectivity index (χ4v) is 2.40. The number of hydrogen-bond donors (Lipinski definition) is 1. The lowest BCUT2D eigenvalue weighted by Crippen LogP contribution is -2.09. The quantitative estimate of drug-likeness (QED) is 0.520. The van der Waals surface area contributed by atoms with Crippen LogP contribution in [0.15, 0.2) is 30.3 Å². The average Bonchev–Trinajstić information content (AvgIpc) is 2.52. The van der Waals surface area contributed by atoms with E-state index in [0.717, 1.165) is 0 Å². The van der Waals surface area contributed by atoms with Gasteiger partial charge in [-0.15, -0.1) is 0 Å². The van der Waals surface area contributed by atoms with Crippen molar-refractivity contribution >= 4 is 11.7 Å². The molecule has 0 unspecified atom stereocenters. The van der Waals surface area contributed by atoms with Gasteiger partial charge in [0, 0.05) is 23.3 Å². The number of benzene rings is 2. The summed E-state index contributed by atoms with van der Waals surface area (Å²) in [4.78, 5) is 22.1. The summed E-state index contributed by atoms with van der Waals surface area (Å²) in [5, 5.41) is 20.8. The number of nitro benzene ring substituents is 1. The zero-order valence-electron chi connectivity index (χ0n) is 11.5. The van der Waals surface area contributed by atoms with E-state index in [1.807, 2.05) is 0 Å². The molecule has 2 aromatic carbocycles. The van der Waals surface area contributed by atoms with E-state index in [2.05, 4.69) is 4.74 Å². The lowest BCUT2D eigenvalue weighted by atomic mass is 9.94. The van der Waals surface area contributed by atoms with Crippen LogP contribution in [0.25, 0.3) is 11.1 Å². The second-order valence-corrected chi connectivity index (χ2v) is 4.74. The molecule has 112 valence electrons. The van der Waals surface area contributed by atoms with E-state index in [0.29, 0.717) is 22.4 Å². The highest BCUT2D eigenvalue weighted by Gasteiger charge is 2.24. The Kier molecular flexibility index (Phi) is 3.17. The molecule has 0 amide bonds. The number of carbonyl (C=O) groups excluding carboxylic acids is 1. The first-order valence-electron chi connectivity index (χ1n) is 6.37. The fourth-order valence-electron chi connectivity index (χ4n) is 2.40. The zero-order chi connectivity index (χ0) is 15.9. The van der Waals surface area contributed by atoms with Gasteiger partial charge in [0.15, 0.2) is 0 Å². The van der Waals surface area contributed by atoms with Gasteiger partial charge in [-0.1, -0.05) is 0 Å². The predicted octanol–water partition coefficient (Wildman–Crippen LogP) is 2.65. The van der Waals surface area contributed by atoms with Gasteiger partial charge >= 0.3 is 5.97 Å². The van der Waals surface area contributed by atoms with Crippen molar-refractivity contribution in [3.05, 3.63) is 51.6 Å². The van der Waals surface area contributed by atoms with Gasteiger partial charge in [-0.3, -0.25) is 10.1 Å². The van der Waals surface area contributed by atoms with Gasteiger partial charge in [0.1, 0.15) is 23.7 Å². The maximum Gasteiger partial charge on any atom is 0.341 e. The first-order valence-corrected chi connectivity index (χ1v) is 6.37. The van der Waals surface area contributed by atoms with E-state index in [4.69, 9.17) is 4.74 Å². The second kappa shape index (κ2) is 5.03. The summed E-state index contributed by atoms with van der Waals surface area (Å²) in [5.74, 6) is -0.415. The number of nitrogens with zero attached hydrogens (tertiary/aromatic N) is 1. The number of nitro groups is 1. The fraction of sp³-hybridized carbons (Fsp3) is 0.133. The van der Waals surface area contributed by atoms with Gasteiger partial charge < -0.3 is 14.6 Å². The third-order valence-corrected chi connectivity index (χ3v) is 3.47. The number of rotatable bonds is 2. The number of esters is 1. The molecular formula is C15H11NO6. The van der Waals surface area contributed by atoms with E-state index in [-0.39, 0.29) is 23.6 Å². The largest absolute Gasteiger partial charge is 0.507 e. The van der Waals surface area contributed by atoms with Gasteiger partial charge in [-0.2, -0.15) is 0 Å². The van der Waals surface area contributed by atoms with Crippen LogP contribution >= 0.6 is 0 Å². The van der Waals surface area contributed by atoms with Crippen molar-refractivity contribution in [2.75, 3.05) is 7.11 Å². The number of methoxy groups -OCH3 is 1. The Morgan fingerprint density at radius 3 is 2.77 bits per heavy atom. The number of hydrogen-bond acceptors (Lipinski definition) is 6. The summed E-state index contributed by atoms with van der Waals surface area (Å²) in [5.41, 5.74) is 1.66. The van der Waals surface area contributed by atoms with Gasteiger partial charge in [-0.25, -0.2) is 4.79 Å². The normalized spacial score (nSPS) is 11.9. The van der Waals surface area contributed by atoms with Crippen molar-refractivity contribution in [2.24, 2.45) is 0 Å². The average molecular weight is 301 g/mol. The molecule has 22 heavy (non-hydrogen) atoms. The molecule has 3 rings (SSSR count). The lowest BCUT2D eigenvalue weighted by molar-refractivity contribution is -0.384. The standard InChI is InChI=1S/C15H11NO6/c1-21-15(18)12-6-10-8(4-13(12)17)7-22-14-3-2-9(16(19)20)5-11(10)14/h2-6,17H,7H2,1H3. The van der Waals surface area contributed by atoms with Crippen LogP contribution in [0, 0.1) is 10.1 Å². The van der Waals surface area contributed by atoms with Crippen molar-refractivity contribution < 1.29 is 24.3 Å². The number of carbonyl (C=O) groups is 1. The topological polar surface area (TPSA) is 98.9 Å². The molecule has 0 atom stereocenters. The molecule has 1 N–H and O–H groups in total. The molecule has 1 aliphatic heterocycles. The third-order valence-electron chi connectivity index (χ3n) is 3.47. The molecule has 7 heteroatoms. The summed E-state index contributed by atoms with van der Waals surface area (Å²) in [6.07, 6.45) is 0. The van der Waals surface area contributed by atoms with E-state index in [1.165, 1.54) is 37.4 Å². The van der Waals surface area contributed by atoms with E-state index < -0.39 is 10.9 Å². The highest BCUT2D eigenvalue weighted by atomic mass is 16.6. The molecule has 0 saturated heterocycles. The molecule has 1 heterocycles. The molecular weight excluding hydrogens is 290 g/mol. The van der Waals surface area contributed by atoms with Gasteiger partial charge in [-0.05, 0) is 23.8 Å². The number of ether oxygens (including phenoxy) is 2. The summed E-state index contributed by atoms with van der Waals surface area (Å²) in [6, 6.07) is 7.11. The number of aromatic hydroxyl groups is 1. The van der Waals surface area contributed by atoms with Gasteiger partial charge in [0.25, 0.3) is 5.69 Å². The molecule has 0 spiro atoms. The predicted molar refractivity (Wildman–Crippen MR) is 75.9 cm³/mol. The zero-order valence-corrected chi connectivity index (χ0v) is 11.5. The van der Waals surface area contributed by atoms with Crippen molar-refractivity contribution in [1.82, 2.24) is 0 Å². The highest BCUT2D eigenvalue weighted by Crippen LogP contribution is 2.41. The monoisotopic (exact) mass is 301 g/mol. The summed E-state index contributed by atoms with van der Waals surface area (Å²) in [6.45, 7) is 0.204. The molecule has 0 saturated carbocycles. The minimum absolute atomic E-state index is 0.000561. The Bertz CT molecular complexity index is 799. The summed E-state index contributed by atoms with van der Waals surface area (Å²) >= 11 is 0. The Morgan fingerprint density at radius 2 is 2.09 bits per heavy atom. The Hall–Kier alpha value is -3.09. The molecule has 0 bridgehead atoms. The molecule has 0 fully saturated rings. The Balaban J connectivity index is 2.22. The molecule has 2 aromatic rings. The van der Waals surface area contributed by atoms with Crippen molar-refractivity contribution in [3.8, 4) is 22.6 Å². The van der Waals surface area contributed by atoms with Crippen LogP contribution in [-0.4, -0.2) is 23.1 Å². The number of fused-ring (bicyclic) bond motifs is 3. The minimum atomic E-state index is -0.682. The van der Waals surface area contributed by atoms with Crippen LogP contribution in [0.1, 0.15) is 15.9 Å². The molecule has 7 nitrogen and oxygen atoms in total. The first-order chi connectivity index (χ1) is 10.5.